The molecule has 3 N–H and O–H groups in total. The highest BCUT2D eigenvalue weighted by atomic mass is 16.2. The van der Waals surface area contributed by atoms with Gasteiger partial charge in [0.2, 0.25) is 23.6 Å². The first-order chi connectivity index (χ1) is 16.7. The predicted octanol–water partition coefficient (Wildman–Crippen LogP) is 1.35. The fraction of sp³-hybridized carbons (Fsp3) is 0.385. The van der Waals surface area contributed by atoms with Crippen molar-refractivity contribution in [1.82, 2.24) is 25.8 Å². The standard InChI is InChI=1S/C26H33N5O4/c1-17(2)24(29-25(34)18(3)27-4)26(35)28-14-22(32)31-13-12-30(23(33)16-31)15-20-10-7-9-19-8-5-6-11-21(19)20/h5-13,17-18,24,27H,14-16H2,1-4H3,(H,28,35)(H,29,34)/t18-,24-/m0/s1. The van der Waals surface area contributed by atoms with Crippen molar-refractivity contribution >= 4 is 34.4 Å². The second kappa shape index (κ2) is 11.6. The molecule has 0 bridgehead atoms. The van der Waals surface area contributed by atoms with E-state index in [1.165, 1.54) is 4.90 Å². The topological polar surface area (TPSA) is 111 Å². The van der Waals surface area contributed by atoms with Crippen LogP contribution in [0.15, 0.2) is 54.9 Å². The number of hydrogen-bond acceptors (Lipinski definition) is 5. The summed E-state index contributed by atoms with van der Waals surface area (Å²) in [5.74, 6) is -1.55. The smallest absolute Gasteiger partial charge is 0.246 e. The van der Waals surface area contributed by atoms with Crippen LogP contribution in [-0.2, 0) is 25.7 Å². The number of amides is 4. The summed E-state index contributed by atoms with van der Waals surface area (Å²) in [4.78, 5) is 53.1. The third-order valence-corrected chi connectivity index (χ3v) is 6.08. The molecule has 0 saturated carbocycles. The Balaban J connectivity index is 1.58. The fourth-order valence-electron chi connectivity index (χ4n) is 3.78. The van der Waals surface area contributed by atoms with Gasteiger partial charge in [-0.3, -0.25) is 19.2 Å². The minimum atomic E-state index is -0.777. The number of rotatable bonds is 9. The van der Waals surface area contributed by atoms with Crippen LogP contribution in [0.1, 0.15) is 26.3 Å². The van der Waals surface area contributed by atoms with Gasteiger partial charge in [-0.2, -0.15) is 0 Å². The van der Waals surface area contributed by atoms with Gasteiger partial charge in [0.1, 0.15) is 12.6 Å². The molecule has 2 aromatic rings. The lowest BCUT2D eigenvalue weighted by molar-refractivity contribution is -0.139. The summed E-state index contributed by atoms with van der Waals surface area (Å²) in [6, 6.07) is 12.7. The summed E-state index contributed by atoms with van der Waals surface area (Å²) in [6.07, 6.45) is 3.14. The SMILES string of the molecule is CN[C@@H](C)C(=O)N[C@H](C(=O)NCC(=O)N1C=CN(Cc2cccc3ccccc23)C(=O)C1)C(C)C. The number of nitrogens with zero attached hydrogens (tertiary/aromatic N) is 2. The van der Waals surface area contributed by atoms with E-state index in [1.54, 1.807) is 31.3 Å². The highest BCUT2D eigenvalue weighted by molar-refractivity contribution is 5.93. The van der Waals surface area contributed by atoms with Crippen LogP contribution in [0, 0.1) is 5.92 Å². The molecule has 2 atom stereocenters. The zero-order chi connectivity index (χ0) is 25.5. The van der Waals surface area contributed by atoms with Gasteiger partial charge >= 0.3 is 0 Å². The van der Waals surface area contributed by atoms with E-state index in [1.807, 2.05) is 56.3 Å². The Morgan fingerprint density at radius 2 is 1.69 bits per heavy atom. The first kappa shape index (κ1) is 25.9. The number of nitrogens with one attached hydrogen (secondary N) is 3. The Labute approximate surface area is 205 Å². The van der Waals surface area contributed by atoms with Gasteiger partial charge in [-0.05, 0) is 36.2 Å². The molecule has 0 radical (unpaired) electrons. The summed E-state index contributed by atoms with van der Waals surface area (Å²) in [7, 11) is 1.66. The van der Waals surface area contributed by atoms with E-state index in [0.717, 1.165) is 16.3 Å². The van der Waals surface area contributed by atoms with Crippen molar-refractivity contribution in [3.63, 3.8) is 0 Å². The lowest BCUT2D eigenvalue weighted by Crippen LogP contribution is -2.55. The summed E-state index contributed by atoms with van der Waals surface area (Å²) in [5.41, 5.74) is 1.02. The maximum absolute atomic E-state index is 12.7. The quantitative estimate of drug-likeness (QED) is 0.503. The van der Waals surface area contributed by atoms with Crippen LogP contribution in [0.2, 0.25) is 0 Å². The Kier molecular flexibility index (Phi) is 8.59. The fourth-order valence-corrected chi connectivity index (χ4v) is 3.78. The minimum absolute atomic E-state index is 0.111. The lowest BCUT2D eigenvalue weighted by atomic mass is 10.0. The lowest BCUT2D eigenvalue weighted by Gasteiger charge is -2.29. The molecule has 0 fully saturated rings. The molecule has 186 valence electrons. The summed E-state index contributed by atoms with van der Waals surface area (Å²) in [5, 5.41) is 10.3. The van der Waals surface area contributed by atoms with E-state index in [9.17, 15) is 19.2 Å². The molecule has 0 saturated heterocycles. The summed E-state index contributed by atoms with van der Waals surface area (Å²) >= 11 is 0. The third kappa shape index (κ3) is 6.45. The van der Waals surface area contributed by atoms with Gasteiger partial charge < -0.3 is 25.8 Å². The number of fused-ring (bicyclic) bond motifs is 1. The molecule has 0 unspecified atom stereocenters. The number of carbonyl (C=O) groups is 4. The van der Waals surface area contributed by atoms with Crippen molar-refractivity contribution in [3.8, 4) is 0 Å². The van der Waals surface area contributed by atoms with Crippen molar-refractivity contribution in [1.29, 1.82) is 0 Å². The van der Waals surface area contributed by atoms with Crippen LogP contribution in [0.3, 0.4) is 0 Å². The van der Waals surface area contributed by atoms with Crippen LogP contribution >= 0.6 is 0 Å². The van der Waals surface area contributed by atoms with Gasteiger partial charge in [0.05, 0.1) is 19.1 Å². The molecule has 1 heterocycles. The van der Waals surface area contributed by atoms with E-state index < -0.39 is 23.9 Å². The molecular formula is C26H33N5O4. The number of likely N-dealkylation sites (N-methyl/N-ethyl adjacent to an activating group) is 1. The largest absolute Gasteiger partial charge is 0.345 e. The molecule has 0 aromatic heterocycles. The predicted molar refractivity (Wildman–Crippen MR) is 134 cm³/mol. The molecule has 2 aromatic carbocycles. The minimum Gasteiger partial charge on any atom is -0.345 e. The van der Waals surface area contributed by atoms with Gasteiger partial charge in [0.25, 0.3) is 0 Å². The Hall–Kier alpha value is -3.72. The van der Waals surface area contributed by atoms with Crippen molar-refractivity contribution in [2.75, 3.05) is 20.1 Å². The number of carbonyl (C=O) groups excluding carboxylic acids is 4. The first-order valence-electron chi connectivity index (χ1n) is 11.7. The van der Waals surface area contributed by atoms with E-state index in [-0.39, 0.29) is 30.8 Å². The number of hydrogen-bond donors (Lipinski definition) is 3. The molecule has 1 aliphatic rings. The maximum atomic E-state index is 12.7. The van der Waals surface area contributed by atoms with Crippen molar-refractivity contribution in [2.45, 2.75) is 39.4 Å². The van der Waals surface area contributed by atoms with Gasteiger partial charge in [0.15, 0.2) is 0 Å². The normalized spacial score (nSPS) is 15.3. The first-order valence-corrected chi connectivity index (χ1v) is 11.7. The summed E-state index contributed by atoms with van der Waals surface area (Å²) in [6.45, 7) is 5.33. The third-order valence-electron chi connectivity index (χ3n) is 6.08. The van der Waals surface area contributed by atoms with Gasteiger partial charge in [0, 0.05) is 12.4 Å². The number of benzene rings is 2. The van der Waals surface area contributed by atoms with E-state index in [4.69, 9.17) is 0 Å². The molecular weight excluding hydrogens is 446 g/mol. The zero-order valence-corrected chi connectivity index (χ0v) is 20.6. The molecule has 4 amide bonds. The average molecular weight is 480 g/mol. The molecule has 0 aliphatic carbocycles. The van der Waals surface area contributed by atoms with Crippen molar-refractivity contribution < 1.29 is 19.2 Å². The maximum Gasteiger partial charge on any atom is 0.246 e. The Morgan fingerprint density at radius 3 is 2.37 bits per heavy atom. The van der Waals surface area contributed by atoms with Crippen LogP contribution in [0.4, 0.5) is 0 Å². The van der Waals surface area contributed by atoms with Gasteiger partial charge in [-0.15, -0.1) is 0 Å². The van der Waals surface area contributed by atoms with Gasteiger partial charge in [-0.25, -0.2) is 0 Å². The van der Waals surface area contributed by atoms with Crippen molar-refractivity contribution in [3.05, 3.63) is 60.4 Å². The molecule has 35 heavy (non-hydrogen) atoms. The highest BCUT2D eigenvalue weighted by Crippen LogP contribution is 2.21. The summed E-state index contributed by atoms with van der Waals surface area (Å²) < 4.78 is 0. The molecule has 9 heteroatoms. The van der Waals surface area contributed by atoms with E-state index in [2.05, 4.69) is 16.0 Å². The average Bonchev–Trinajstić information content (AvgIpc) is 2.86. The van der Waals surface area contributed by atoms with E-state index in [0.29, 0.717) is 6.54 Å². The Morgan fingerprint density at radius 1 is 0.971 bits per heavy atom. The Bertz CT molecular complexity index is 1120. The molecule has 3 rings (SSSR count). The van der Waals surface area contributed by atoms with Crippen molar-refractivity contribution in [2.24, 2.45) is 5.92 Å². The second-order valence-electron chi connectivity index (χ2n) is 8.94. The molecule has 9 nitrogen and oxygen atoms in total. The van der Waals surface area contributed by atoms with Crippen LogP contribution in [-0.4, -0.2) is 65.6 Å². The second-order valence-corrected chi connectivity index (χ2v) is 8.94. The van der Waals surface area contributed by atoms with Crippen LogP contribution in [0.5, 0.6) is 0 Å². The van der Waals surface area contributed by atoms with Gasteiger partial charge in [-0.1, -0.05) is 56.3 Å². The van der Waals surface area contributed by atoms with Crippen LogP contribution in [0.25, 0.3) is 10.8 Å². The highest BCUT2D eigenvalue weighted by Gasteiger charge is 2.28. The molecule has 1 aliphatic heterocycles. The monoisotopic (exact) mass is 479 g/mol. The zero-order valence-electron chi connectivity index (χ0n) is 20.6. The van der Waals surface area contributed by atoms with Crippen LogP contribution < -0.4 is 16.0 Å². The van der Waals surface area contributed by atoms with E-state index >= 15 is 0 Å². The molecule has 0 spiro atoms.